The summed E-state index contributed by atoms with van der Waals surface area (Å²) < 4.78 is 139. The number of esters is 1. The molecule has 0 radical (unpaired) electrons. The third kappa shape index (κ3) is 4.85. The first-order valence-electron chi connectivity index (χ1n) is 8.38. The van der Waals surface area contributed by atoms with Crippen LogP contribution in [-0.2, 0) is 44.8 Å². The van der Waals surface area contributed by atoms with Crippen molar-refractivity contribution < 1.29 is 62.2 Å². The lowest BCUT2D eigenvalue weighted by atomic mass is 9.99. The van der Waals surface area contributed by atoms with Gasteiger partial charge in [-0.25, -0.2) is 16.8 Å². The molecule has 9 nitrogen and oxygen atoms in total. The van der Waals surface area contributed by atoms with Crippen LogP contribution in [0.5, 0.6) is 0 Å². The Morgan fingerprint density at radius 2 is 1.44 bits per heavy atom. The van der Waals surface area contributed by atoms with Crippen molar-refractivity contribution in [3.8, 4) is 0 Å². The fourth-order valence-electron chi connectivity index (χ4n) is 2.76. The monoisotopic (exact) mass is 515 g/mol. The third-order valence-electron chi connectivity index (χ3n) is 4.06. The summed E-state index contributed by atoms with van der Waals surface area (Å²) in [5.41, 5.74) is -13.0. The van der Waals surface area contributed by atoms with Crippen LogP contribution in [-0.4, -0.2) is 63.4 Å². The molecule has 0 spiro atoms. The van der Waals surface area contributed by atoms with Crippen molar-refractivity contribution in [1.29, 1.82) is 0 Å². The number of ether oxygens (including phenoxy) is 3. The molecule has 0 aromatic heterocycles. The lowest BCUT2D eigenvalue weighted by Gasteiger charge is -2.37. The molecule has 1 unspecified atom stereocenters. The lowest BCUT2D eigenvalue weighted by Crippen LogP contribution is -2.56. The van der Waals surface area contributed by atoms with Crippen LogP contribution in [0.4, 0.5) is 26.3 Å². The van der Waals surface area contributed by atoms with E-state index in [9.17, 15) is 48.0 Å². The van der Waals surface area contributed by atoms with Crippen LogP contribution in [0.25, 0.3) is 0 Å². The quantitative estimate of drug-likeness (QED) is 0.399. The average molecular weight is 515 g/mol. The SMILES string of the molecule is CC(=O)OC(CN(S(=O)(=O)C(F)(F)F)S(=O)(=O)C(F)(F)F)C1(c2ccccc2)OCCO1. The first-order chi connectivity index (χ1) is 14.5. The molecule has 1 aliphatic heterocycles. The van der Waals surface area contributed by atoms with Gasteiger partial charge in [0.05, 0.1) is 19.8 Å². The number of benzene rings is 1. The average Bonchev–Trinajstić information content (AvgIpc) is 3.14. The van der Waals surface area contributed by atoms with E-state index >= 15 is 0 Å². The molecule has 0 aliphatic carbocycles. The Balaban J connectivity index is 2.71. The van der Waals surface area contributed by atoms with Crippen molar-refractivity contribution in [2.45, 2.75) is 29.8 Å². The summed E-state index contributed by atoms with van der Waals surface area (Å²) in [6.45, 7) is -2.00. The summed E-state index contributed by atoms with van der Waals surface area (Å²) in [6.07, 6.45) is -2.39. The van der Waals surface area contributed by atoms with E-state index in [1.54, 1.807) is 0 Å². The van der Waals surface area contributed by atoms with Gasteiger partial charge in [-0.15, -0.1) is 0 Å². The van der Waals surface area contributed by atoms with E-state index in [1.807, 2.05) is 0 Å². The van der Waals surface area contributed by atoms with Crippen LogP contribution in [0.2, 0.25) is 0 Å². The number of halogens is 6. The summed E-state index contributed by atoms with van der Waals surface area (Å²) in [4.78, 5) is 11.6. The van der Waals surface area contributed by atoms with E-state index < -0.39 is 59.2 Å². The Labute approximate surface area is 177 Å². The van der Waals surface area contributed by atoms with E-state index in [-0.39, 0.29) is 18.8 Å². The molecule has 0 saturated carbocycles. The highest BCUT2D eigenvalue weighted by atomic mass is 32.3. The van der Waals surface area contributed by atoms with Crippen LogP contribution in [0.3, 0.4) is 0 Å². The highest BCUT2D eigenvalue weighted by Gasteiger charge is 2.63. The van der Waals surface area contributed by atoms with E-state index in [2.05, 4.69) is 0 Å². The number of hydrogen-bond acceptors (Lipinski definition) is 8. The normalized spacial score (nSPS) is 18.5. The molecule has 17 heteroatoms. The molecule has 32 heavy (non-hydrogen) atoms. The van der Waals surface area contributed by atoms with Gasteiger partial charge in [0.25, 0.3) is 0 Å². The van der Waals surface area contributed by atoms with E-state index in [1.165, 1.54) is 30.3 Å². The smallest absolute Gasteiger partial charge is 0.455 e. The molecule has 0 bridgehead atoms. The highest BCUT2D eigenvalue weighted by molar-refractivity contribution is 8.04. The van der Waals surface area contributed by atoms with Crippen molar-refractivity contribution in [2.75, 3.05) is 19.8 Å². The number of carbonyl (C=O) groups is 1. The van der Waals surface area contributed by atoms with Crippen LogP contribution in [0.1, 0.15) is 12.5 Å². The predicted octanol–water partition coefficient (Wildman–Crippen LogP) is 1.82. The first-order valence-corrected chi connectivity index (χ1v) is 11.3. The van der Waals surface area contributed by atoms with Gasteiger partial charge in [-0.05, 0) is 0 Å². The number of sulfonamides is 2. The van der Waals surface area contributed by atoms with Gasteiger partial charge >= 0.3 is 37.0 Å². The first kappa shape index (κ1) is 26.3. The minimum atomic E-state index is -7.13. The van der Waals surface area contributed by atoms with Crippen molar-refractivity contribution in [1.82, 2.24) is 3.71 Å². The number of rotatable bonds is 7. The predicted molar refractivity (Wildman–Crippen MR) is 92.2 cm³/mol. The highest BCUT2D eigenvalue weighted by Crippen LogP contribution is 2.41. The molecule has 1 aliphatic rings. The molecule has 0 amide bonds. The second kappa shape index (κ2) is 8.77. The molecular formula is C15H15F6NO8S2. The summed E-state index contributed by atoms with van der Waals surface area (Å²) in [7, 11) is -14.3. The molecule has 182 valence electrons. The Morgan fingerprint density at radius 3 is 1.81 bits per heavy atom. The second-order valence-corrected chi connectivity index (χ2v) is 10.1. The topological polar surface area (TPSA) is 116 Å². The molecule has 1 heterocycles. The fourth-order valence-corrected chi connectivity index (χ4v) is 5.43. The Hall–Kier alpha value is -1.95. The Bertz CT molecular complexity index is 990. The summed E-state index contributed by atoms with van der Waals surface area (Å²) in [5.74, 6) is -3.69. The molecule has 0 N–H and O–H groups in total. The maximum atomic E-state index is 13.1. The molecular weight excluding hydrogens is 500 g/mol. The van der Waals surface area contributed by atoms with Crippen molar-refractivity contribution >= 4 is 26.0 Å². The largest absolute Gasteiger partial charge is 0.512 e. The zero-order chi connectivity index (χ0) is 24.6. The standard InChI is InChI=1S/C15H15F6NO8S2/c1-10(23)30-12(13(28-7-8-29-13)11-5-3-2-4-6-11)9-22(31(24,25)14(16,17)18)32(26,27)15(19,20)21/h2-6,12H,7-9H2,1H3. The van der Waals surface area contributed by atoms with Gasteiger partial charge in [0.15, 0.2) is 6.10 Å². The molecule has 1 fully saturated rings. The molecule has 1 aromatic carbocycles. The molecule has 1 saturated heterocycles. The number of nitrogens with zero attached hydrogens (tertiary/aromatic N) is 1. The van der Waals surface area contributed by atoms with Crippen molar-refractivity contribution in [3.63, 3.8) is 0 Å². The van der Waals surface area contributed by atoms with E-state index in [4.69, 9.17) is 14.2 Å². The summed E-state index contributed by atoms with van der Waals surface area (Å²) >= 11 is 0. The number of carbonyl (C=O) groups excluding carboxylic acids is 1. The molecule has 1 atom stereocenters. The maximum absolute atomic E-state index is 13.1. The third-order valence-corrected chi connectivity index (χ3v) is 7.78. The zero-order valence-electron chi connectivity index (χ0n) is 15.9. The minimum Gasteiger partial charge on any atom is -0.455 e. The van der Waals surface area contributed by atoms with Crippen molar-refractivity contribution in [2.24, 2.45) is 0 Å². The second-order valence-electron chi connectivity index (χ2n) is 6.19. The van der Waals surface area contributed by atoms with Crippen molar-refractivity contribution in [3.05, 3.63) is 35.9 Å². The zero-order valence-corrected chi connectivity index (χ0v) is 17.5. The van der Waals surface area contributed by atoms with Gasteiger partial charge in [0.2, 0.25) is 5.79 Å². The van der Waals surface area contributed by atoms with Gasteiger partial charge in [0.1, 0.15) is 0 Å². The molecule has 1 aromatic rings. The fraction of sp³-hybridized carbons (Fsp3) is 0.533. The van der Waals surface area contributed by atoms with Crippen LogP contribution < -0.4 is 0 Å². The summed E-state index contributed by atoms with van der Waals surface area (Å²) in [5, 5.41) is 0. The van der Waals surface area contributed by atoms with Crippen LogP contribution in [0, 0.1) is 0 Å². The minimum absolute atomic E-state index is 0.0856. The number of hydrogen-bond donors (Lipinski definition) is 0. The van der Waals surface area contributed by atoms with Gasteiger partial charge in [0, 0.05) is 12.5 Å². The Morgan fingerprint density at radius 1 is 1.00 bits per heavy atom. The Kier molecular flexibility index (Phi) is 7.21. The lowest BCUT2D eigenvalue weighted by molar-refractivity contribution is -0.239. The van der Waals surface area contributed by atoms with E-state index in [0.29, 0.717) is 6.92 Å². The van der Waals surface area contributed by atoms with E-state index in [0.717, 1.165) is 0 Å². The van der Waals surface area contributed by atoms with Crippen LogP contribution in [0.15, 0.2) is 30.3 Å². The van der Waals surface area contributed by atoms with Crippen LogP contribution >= 0.6 is 0 Å². The van der Waals surface area contributed by atoms with Gasteiger partial charge in [-0.1, -0.05) is 34.0 Å². The molecule has 2 rings (SSSR count). The van der Waals surface area contributed by atoms with Gasteiger partial charge in [-0.3, -0.25) is 4.79 Å². The number of alkyl halides is 6. The van der Waals surface area contributed by atoms with Gasteiger partial charge in [-0.2, -0.15) is 26.3 Å². The summed E-state index contributed by atoms with van der Waals surface area (Å²) in [6, 6.07) is 6.68. The van der Waals surface area contributed by atoms with Gasteiger partial charge < -0.3 is 14.2 Å². The maximum Gasteiger partial charge on any atom is 0.512 e.